The van der Waals surface area contributed by atoms with Crippen molar-refractivity contribution >= 4 is 22.1 Å². The Kier molecular flexibility index (Phi) is 3.67. The van der Waals surface area contributed by atoms with E-state index in [1.54, 1.807) is 11.3 Å². The van der Waals surface area contributed by atoms with Crippen LogP contribution in [0.3, 0.4) is 0 Å². The fourth-order valence-corrected chi connectivity index (χ4v) is 2.74. The molecule has 1 aromatic heterocycles. The zero-order valence-corrected chi connectivity index (χ0v) is 12.1. The van der Waals surface area contributed by atoms with E-state index in [-0.39, 0.29) is 6.04 Å². The highest BCUT2D eigenvalue weighted by Crippen LogP contribution is 2.33. The maximum Gasteiger partial charge on any atom is 0.132 e. The Labute approximate surface area is 122 Å². The lowest BCUT2D eigenvalue weighted by atomic mass is 10.0. The fraction of sp³-hybridized carbons (Fsp3) is 0.188. The molecule has 0 amide bonds. The second-order valence-electron chi connectivity index (χ2n) is 4.75. The van der Waals surface area contributed by atoms with Gasteiger partial charge in [-0.3, -0.25) is 4.98 Å². The number of hydrogen-bond donors (Lipinski definition) is 1. The van der Waals surface area contributed by atoms with Crippen LogP contribution in [0.1, 0.15) is 23.4 Å². The van der Waals surface area contributed by atoms with Gasteiger partial charge in [0.15, 0.2) is 0 Å². The average Bonchev–Trinajstić information content (AvgIpc) is 2.97. The lowest BCUT2D eigenvalue weighted by Crippen LogP contribution is -2.08. The Bertz CT molecular complexity index is 708. The zero-order chi connectivity index (χ0) is 13.9. The monoisotopic (exact) mass is 284 g/mol. The molecule has 1 heterocycles. The molecule has 0 aliphatic rings. The highest BCUT2D eigenvalue weighted by Gasteiger charge is 2.12. The number of thiazole rings is 1. The second-order valence-corrected chi connectivity index (χ2v) is 5.72. The molecule has 0 fully saturated rings. The van der Waals surface area contributed by atoms with Crippen LogP contribution in [0.25, 0.3) is 10.8 Å². The summed E-state index contributed by atoms with van der Waals surface area (Å²) in [5.41, 5.74) is 8.91. The van der Waals surface area contributed by atoms with Crippen LogP contribution in [0, 0.1) is 0 Å². The number of nitrogens with zero attached hydrogens (tertiary/aromatic N) is 1. The van der Waals surface area contributed by atoms with Gasteiger partial charge >= 0.3 is 0 Å². The van der Waals surface area contributed by atoms with Crippen molar-refractivity contribution in [2.45, 2.75) is 19.6 Å². The van der Waals surface area contributed by atoms with E-state index in [1.807, 2.05) is 30.8 Å². The summed E-state index contributed by atoms with van der Waals surface area (Å²) >= 11 is 1.59. The van der Waals surface area contributed by atoms with Crippen LogP contribution in [0.4, 0.5) is 0 Å². The van der Waals surface area contributed by atoms with Crippen LogP contribution in [-0.4, -0.2) is 4.98 Å². The topological polar surface area (TPSA) is 48.1 Å². The highest BCUT2D eigenvalue weighted by atomic mass is 32.1. The van der Waals surface area contributed by atoms with Gasteiger partial charge in [-0.1, -0.05) is 36.4 Å². The molecule has 0 bridgehead atoms. The van der Waals surface area contributed by atoms with E-state index in [4.69, 9.17) is 10.5 Å². The van der Waals surface area contributed by atoms with Gasteiger partial charge in [0.05, 0.1) is 10.4 Å². The average molecular weight is 284 g/mol. The van der Waals surface area contributed by atoms with Gasteiger partial charge < -0.3 is 10.5 Å². The highest BCUT2D eigenvalue weighted by molar-refractivity contribution is 7.09. The molecule has 0 aliphatic heterocycles. The van der Waals surface area contributed by atoms with E-state index in [2.05, 4.69) is 29.2 Å². The zero-order valence-electron chi connectivity index (χ0n) is 11.2. The third kappa shape index (κ3) is 2.53. The molecule has 2 aromatic carbocycles. The molecule has 0 aliphatic carbocycles. The molecule has 0 saturated carbocycles. The summed E-state index contributed by atoms with van der Waals surface area (Å²) in [7, 11) is 0. The molecule has 2 N–H and O–H groups in total. The molecule has 20 heavy (non-hydrogen) atoms. The number of nitrogens with two attached hydrogens (primary N) is 1. The van der Waals surface area contributed by atoms with Crippen LogP contribution in [0.15, 0.2) is 48.1 Å². The SMILES string of the molecule is CC(N)c1ccc2ccccc2c1OCc1cncs1. The summed E-state index contributed by atoms with van der Waals surface area (Å²) in [6.07, 6.45) is 1.83. The molecule has 0 saturated heterocycles. The lowest BCUT2D eigenvalue weighted by molar-refractivity contribution is 0.308. The molecule has 1 atom stereocenters. The Morgan fingerprint density at radius 1 is 1.25 bits per heavy atom. The van der Waals surface area contributed by atoms with E-state index in [0.717, 1.165) is 27.0 Å². The van der Waals surface area contributed by atoms with Crippen LogP contribution in [-0.2, 0) is 6.61 Å². The Balaban J connectivity index is 2.03. The molecular formula is C16H16N2OS. The van der Waals surface area contributed by atoms with E-state index in [9.17, 15) is 0 Å². The van der Waals surface area contributed by atoms with Crippen LogP contribution in [0.5, 0.6) is 5.75 Å². The number of benzene rings is 2. The van der Waals surface area contributed by atoms with Crippen molar-refractivity contribution in [1.29, 1.82) is 0 Å². The molecule has 3 aromatic rings. The van der Waals surface area contributed by atoms with Crippen molar-refractivity contribution < 1.29 is 4.74 Å². The third-order valence-electron chi connectivity index (χ3n) is 3.24. The van der Waals surface area contributed by atoms with Crippen molar-refractivity contribution in [2.75, 3.05) is 0 Å². The minimum Gasteiger partial charge on any atom is -0.487 e. The Morgan fingerprint density at radius 3 is 2.85 bits per heavy atom. The first-order valence-electron chi connectivity index (χ1n) is 6.53. The maximum atomic E-state index is 6.06. The number of hydrogen-bond acceptors (Lipinski definition) is 4. The molecule has 3 rings (SSSR count). The van der Waals surface area contributed by atoms with Crippen LogP contribution in [0.2, 0.25) is 0 Å². The summed E-state index contributed by atoms with van der Waals surface area (Å²) in [6, 6.07) is 12.3. The van der Waals surface area contributed by atoms with Gasteiger partial charge in [-0.2, -0.15) is 0 Å². The third-order valence-corrected chi connectivity index (χ3v) is 4.00. The van der Waals surface area contributed by atoms with Gasteiger partial charge in [0.25, 0.3) is 0 Å². The van der Waals surface area contributed by atoms with Gasteiger partial charge in [0.2, 0.25) is 0 Å². The van der Waals surface area contributed by atoms with E-state index < -0.39 is 0 Å². The van der Waals surface area contributed by atoms with Crippen molar-refractivity contribution in [3.8, 4) is 5.75 Å². The molecule has 4 heteroatoms. The number of aromatic nitrogens is 1. The smallest absolute Gasteiger partial charge is 0.132 e. The maximum absolute atomic E-state index is 6.06. The number of rotatable bonds is 4. The molecule has 3 nitrogen and oxygen atoms in total. The van der Waals surface area contributed by atoms with Gasteiger partial charge in [-0.25, -0.2) is 0 Å². The Hall–Kier alpha value is -1.91. The summed E-state index contributed by atoms with van der Waals surface area (Å²) in [6.45, 7) is 2.50. The quantitative estimate of drug-likeness (QED) is 0.790. The van der Waals surface area contributed by atoms with Crippen molar-refractivity contribution in [2.24, 2.45) is 5.73 Å². The fourth-order valence-electron chi connectivity index (χ4n) is 2.24. The predicted molar refractivity (Wildman–Crippen MR) is 83.0 cm³/mol. The first-order chi connectivity index (χ1) is 9.75. The van der Waals surface area contributed by atoms with Gasteiger partial charge in [-0.05, 0) is 12.3 Å². The van der Waals surface area contributed by atoms with Crippen molar-refractivity contribution in [3.05, 3.63) is 58.5 Å². The largest absolute Gasteiger partial charge is 0.487 e. The van der Waals surface area contributed by atoms with E-state index in [0.29, 0.717) is 6.61 Å². The minimum atomic E-state index is -0.0592. The summed E-state index contributed by atoms with van der Waals surface area (Å²) < 4.78 is 6.05. The van der Waals surface area contributed by atoms with Crippen molar-refractivity contribution in [1.82, 2.24) is 4.98 Å². The molecule has 0 spiro atoms. The summed E-state index contributed by atoms with van der Waals surface area (Å²) in [5, 5.41) is 2.27. The minimum absolute atomic E-state index is 0.0592. The predicted octanol–water partition coefficient (Wildman–Crippen LogP) is 3.90. The van der Waals surface area contributed by atoms with Gasteiger partial charge in [0.1, 0.15) is 12.4 Å². The normalized spacial score (nSPS) is 12.5. The molecule has 1 unspecified atom stereocenters. The van der Waals surface area contributed by atoms with Gasteiger partial charge in [-0.15, -0.1) is 11.3 Å². The van der Waals surface area contributed by atoms with Crippen molar-refractivity contribution in [3.63, 3.8) is 0 Å². The molecule has 0 radical (unpaired) electrons. The summed E-state index contributed by atoms with van der Waals surface area (Å²) in [5.74, 6) is 0.881. The lowest BCUT2D eigenvalue weighted by Gasteiger charge is -2.16. The first-order valence-corrected chi connectivity index (χ1v) is 7.41. The first kappa shape index (κ1) is 13.1. The molecule has 102 valence electrons. The van der Waals surface area contributed by atoms with Gasteiger partial charge in [0, 0.05) is 23.2 Å². The molecular weight excluding hydrogens is 268 g/mol. The number of ether oxygens (including phenoxy) is 1. The summed E-state index contributed by atoms with van der Waals surface area (Å²) in [4.78, 5) is 5.17. The second kappa shape index (κ2) is 5.61. The van der Waals surface area contributed by atoms with E-state index in [1.165, 1.54) is 0 Å². The van der Waals surface area contributed by atoms with Crippen LogP contribution >= 0.6 is 11.3 Å². The Morgan fingerprint density at radius 2 is 2.10 bits per heavy atom. The number of fused-ring (bicyclic) bond motifs is 1. The standard InChI is InChI=1S/C16H16N2OS/c1-11(17)14-7-6-12-4-2-3-5-15(12)16(14)19-9-13-8-18-10-20-13/h2-8,10-11H,9,17H2,1H3. The van der Waals surface area contributed by atoms with E-state index >= 15 is 0 Å². The van der Waals surface area contributed by atoms with Crippen LogP contribution < -0.4 is 10.5 Å².